The van der Waals surface area contributed by atoms with Crippen molar-refractivity contribution in [3.63, 3.8) is 0 Å². The Morgan fingerprint density at radius 3 is 1.87 bits per heavy atom. The van der Waals surface area contributed by atoms with Crippen molar-refractivity contribution in [2.75, 3.05) is 39.9 Å². The van der Waals surface area contributed by atoms with Crippen molar-refractivity contribution >= 4 is 23.3 Å². The van der Waals surface area contributed by atoms with Crippen LogP contribution in [0.3, 0.4) is 0 Å². The molecule has 11 heteroatoms. The van der Waals surface area contributed by atoms with E-state index in [0.29, 0.717) is 46.6 Å². The summed E-state index contributed by atoms with van der Waals surface area (Å²) >= 11 is 0. The number of nitro benzene ring substituents is 1. The minimum atomic E-state index is -0.607. The molecule has 0 atom stereocenters. The predicted octanol–water partition coefficient (Wildman–Crippen LogP) is 4.44. The molecule has 1 aliphatic heterocycles. The fourth-order valence-corrected chi connectivity index (χ4v) is 3.44. The Morgan fingerprint density at radius 1 is 0.868 bits per heavy atom. The molecule has 1 amide bonds. The molecule has 11 nitrogen and oxygen atoms in total. The first-order valence-corrected chi connectivity index (χ1v) is 11.1. The highest BCUT2D eigenvalue weighted by Crippen LogP contribution is 2.42. The van der Waals surface area contributed by atoms with Crippen molar-refractivity contribution in [3.8, 4) is 28.7 Å². The number of non-ortho nitro benzene ring substituents is 1. The van der Waals surface area contributed by atoms with Gasteiger partial charge in [0.2, 0.25) is 5.75 Å². The van der Waals surface area contributed by atoms with Crippen LogP contribution in [0.4, 0.5) is 11.4 Å². The summed E-state index contributed by atoms with van der Waals surface area (Å²) in [5.74, 6) is 1.60. The summed E-state index contributed by atoms with van der Waals surface area (Å²) in [6.07, 6.45) is 0. The van der Waals surface area contributed by atoms with E-state index in [9.17, 15) is 19.7 Å². The maximum absolute atomic E-state index is 11.9. The first-order chi connectivity index (χ1) is 18.2. The van der Waals surface area contributed by atoms with E-state index in [1.807, 2.05) is 0 Å². The molecule has 1 saturated heterocycles. The number of carbonyl (C=O) groups is 2. The largest absolute Gasteiger partial charge is 0.493 e. The second-order valence-electron chi connectivity index (χ2n) is 7.72. The second kappa shape index (κ2) is 12.3. The molecule has 1 aliphatic rings. The van der Waals surface area contributed by atoms with E-state index in [1.165, 1.54) is 52.7 Å². The number of anilines is 1. The van der Waals surface area contributed by atoms with Crippen LogP contribution in [-0.2, 0) is 4.79 Å². The number of nitro groups is 1. The van der Waals surface area contributed by atoms with E-state index in [0.717, 1.165) is 0 Å². The summed E-state index contributed by atoms with van der Waals surface area (Å²) in [5.41, 5.74) is 1.45. The lowest BCUT2D eigenvalue weighted by Gasteiger charge is -2.33. The predicted molar refractivity (Wildman–Crippen MR) is 139 cm³/mol. The lowest BCUT2D eigenvalue weighted by Crippen LogP contribution is -2.45. The summed E-state index contributed by atoms with van der Waals surface area (Å²) in [6.45, 7) is 4.18. The normalized spacial score (nSPS) is 11.9. The molecular weight excluding hydrogens is 496 g/mol. The highest BCUT2D eigenvalue weighted by atomic mass is 16.6. The van der Waals surface area contributed by atoms with Crippen molar-refractivity contribution in [1.29, 1.82) is 0 Å². The number of β-lactam (4-membered cyclic amide) rings is 1. The Kier molecular flexibility index (Phi) is 8.88. The molecule has 0 bridgehead atoms. The van der Waals surface area contributed by atoms with Crippen molar-refractivity contribution in [1.82, 2.24) is 0 Å². The number of ether oxygens (including phenoxy) is 5. The Labute approximate surface area is 218 Å². The molecule has 0 radical (unpaired) electrons. The minimum absolute atomic E-state index is 0.0794. The molecule has 198 valence electrons. The Hall–Kier alpha value is -5.06. The third kappa shape index (κ3) is 6.01. The van der Waals surface area contributed by atoms with Crippen molar-refractivity contribution in [2.45, 2.75) is 0 Å². The number of nitrogens with zero attached hydrogens (tertiary/aromatic N) is 2. The molecule has 1 heterocycles. The molecule has 38 heavy (non-hydrogen) atoms. The standard InChI is InChI=1S/C14H11NO5.C13H15NO4/c1-19-12-4-2-3-5-13(12)20-14(16)10-6-8-11(9-7-10)15(17)18;1-8-7-14(13(8)15)9-5-10(16-2)12(18-4)11(6-9)17-3/h2-9H,1H3;5-6H,1,7H2,2-4H3. The number of amides is 1. The number of hydrogen-bond acceptors (Lipinski definition) is 9. The van der Waals surface area contributed by atoms with Crippen LogP contribution in [0.25, 0.3) is 0 Å². The first kappa shape index (κ1) is 27.5. The van der Waals surface area contributed by atoms with Gasteiger partial charge in [0.25, 0.3) is 11.6 Å². The van der Waals surface area contributed by atoms with E-state index in [-0.39, 0.29) is 17.2 Å². The van der Waals surface area contributed by atoms with Gasteiger partial charge in [0.1, 0.15) is 0 Å². The molecular formula is C27H26N2O9. The van der Waals surface area contributed by atoms with Gasteiger partial charge in [-0.1, -0.05) is 18.7 Å². The summed E-state index contributed by atoms with van der Waals surface area (Å²) in [4.78, 5) is 35.1. The van der Waals surface area contributed by atoms with Crippen LogP contribution < -0.4 is 28.6 Å². The van der Waals surface area contributed by atoms with Crippen LogP contribution >= 0.6 is 0 Å². The van der Waals surface area contributed by atoms with E-state index >= 15 is 0 Å². The molecule has 3 aromatic rings. The lowest BCUT2D eigenvalue weighted by molar-refractivity contribution is -0.384. The van der Waals surface area contributed by atoms with E-state index in [1.54, 1.807) is 41.3 Å². The Balaban J connectivity index is 0.000000212. The molecule has 0 aliphatic carbocycles. The lowest BCUT2D eigenvalue weighted by atomic mass is 10.1. The van der Waals surface area contributed by atoms with Gasteiger partial charge in [-0.15, -0.1) is 0 Å². The molecule has 4 rings (SSSR count). The monoisotopic (exact) mass is 522 g/mol. The molecule has 0 spiro atoms. The molecule has 0 aromatic heterocycles. The maximum atomic E-state index is 11.9. The first-order valence-electron chi connectivity index (χ1n) is 11.1. The van der Waals surface area contributed by atoms with Crippen LogP contribution in [0.2, 0.25) is 0 Å². The highest BCUT2D eigenvalue weighted by Gasteiger charge is 2.31. The van der Waals surface area contributed by atoms with E-state index in [4.69, 9.17) is 23.7 Å². The molecule has 0 saturated carbocycles. The molecule has 3 aromatic carbocycles. The number of rotatable bonds is 8. The summed E-state index contributed by atoms with van der Waals surface area (Å²) < 4.78 is 25.9. The quantitative estimate of drug-likeness (QED) is 0.105. The van der Waals surface area contributed by atoms with Gasteiger partial charge in [-0.3, -0.25) is 14.9 Å². The molecule has 0 unspecified atom stereocenters. The van der Waals surface area contributed by atoms with Crippen molar-refractivity contribution < 1.29 is 38.2 Å². The zero-order valence-corrected chi connectivity index (χ0v) is 21.3. The second-order valence-corrected chi connectivity index (χ2v) is 7.72. The summed E-state index contributed by atoms with van der Waals surface area (Å²) in [7, 11) is 6.09. The van der Waals surface area contributed by atoms with Crippen molar-refractivity contribution in [3.05, 3.63) is 88.5 Å². The summed E-state index contributed by atoms with van der Waals surface area (Å²) in [5, 5.41) is 10.5. The van der Waals surface area contributed by atoms with Crippen LogP contribution in [0.5, 0.6) is 28.7 Å². The van der Waals surface area contributed by atoms with E-state index in [2.05, 4.69) is 6.58 Å². The third-order valence-electron chi connectivity index (χ3n) is 5.44. The fourth-order valence-electron chi connectivity index (χ4n) is 3.44. The van der Waals surface area contributed by atoms with Crippen LogP contribution in [0, 0.1) is 10.1 Å². The van der Waals surface area contributed by atoms with Gasteiger partial charge in [-0.05, 0) is 24.3 Å². The number of hydrogen-bond donors (Lipinski definition) is 0. The van der Waals surface area contributed by atoms with Crippen LogP contribution in [0.1, 0.15) is 10.4 Å². The average molecular weight is 523 g/mol. The SMILES string of the molecule is C=C1CN(c2cc(OC)c(OC)c(OC)c2)C1=O.COc1ccccc1OC(=O)c1ccc([N+](=O)[O-])cc1. The Bertz CT molecular complexity index is 1330. The molecule has 0 N–H and O–H groups in total. The van der Waals surface area contributed by atoms with Gasteiger partial charge >= 0.3 is 5.97 Å². The fraction of sp³-hybridized carbons (Fsp3) is 0.185. The zero-order chi connectivity index (χ0) is 27.8. The van der Waals surface area contributed by atoms with Crippen LogP contribution in [-0.4, -0.2) is 51.8 Å². The number of para-hydroxylation sites is 2. The van der Waals surface area contributed by atoms with Gasteiger partial charge in [0, 0.05) is 29.8 Å². The highest BCUT2D eigenvalue weighted by molar-refractivity contribution is 6.13. The third-order valence-corrected chi connectivity index (χ3v) is 5.44. The van der Waals surface area contributed by atoms with Crippen molar-refractivity contribution in [2.24, 2.45) is 0 Å². The average Bonchev–Trinajstić information content (AvgIpc) is 2.95. The van der Waals surface area contributed by atoms with Gasteiger partial charge in [0.05, 0.1) is 51.2 Å². The van der Waals surface area contributed by atoms with Crippen LogP contribution in [0.15, 0.2) is 72.8 Å². The maximum Gasteiger partial charge on any atom is 0.343 e. The van der Waals surface area contributed by atoms with Gasteiger partial charge in [0.15, 0.2) is 23.0 Å². The zero-order valence-electron chi connectivity index (χ0n) is 21.3. The van der Waals surface area contributed by atoms with Gasteiger partial charge < -0.3 is 28.6 Å². The number of benzene rings is 3. The molecule has 1 fully saturated rings. The Morgan fingerprint density at radius 2 is 1.42 bits per heavy atom. The summed E-state index contributed by atoms with van der Waals surface area (Å²) in [6, 6.07) is 15.4. The van der Waals surface area contributed by atoms with Gasteiger partial charge in [-0.2, -0.15) is 0 Å². The minimum Gasteiger partial charge on any atom is -0.493 e. The number of esters is 1. The van der Waals surface area contributed by atoms with Gasteiger partial charge in [-0.25, -0.2) is 4.79 Å². The van der Waals surface area contributed by atoms with E-state index < -0.39 is 10.9 Å². The topological polar surface area (TPSA) is 127 Å². The smallest absolute Gasteiger partial charge is 0.343 e. The number of methoxy groups -OCH3 is 4. The number of carbonyl (C=O) groups excluding carboxylic acids is 2.